The van der Waals surface area contributed by atoms with Crippen molar-refractivity contribution in [2.75, 3.05) is 82.4 Å². The van der Waals surface area contributed by atoms with Gasteiger partial charge in [-0.25, -0.2) is 13.4 Å². The number of nitrogens with one attached hydrogen (secondary N) is 2. The Labute approximate surface area is 270 Å². The number of sulfone groups is 1. The van der Waals surface area contributed by atoms with E-state index in [2.05, 4.69) is 25.8 Å². The Balaban J connectivity index is 2.00. The summed E-state index contributed by atoms with van der Waals surface area (Å²) in [4.78, 5) is 6.53. The number of nitrogen functional groups attached to an aromatic ring is 1. The van der Waals surface area contributed by atoms with E-state index in [1.807, 2.05) is 49.1 Å². The van der Waals surface area contributed by atoms with Gasteiger partial charge in [-0.1, -0.05) is 18.2 Å². The molecule has 3 rings (SSSR count). The molecule has 1 aromatic heterocycles. The fourth-order valence-electron chi connectivity index (χ4n) is 4.50. The summed E-state index contributed by atoms with van der Waals surface area (Å²) in [6.07, 6.45) is 0. The van der Waals surface area contributed by atoms with Crippen LogP contribution >= 0.6 is 0 Å². The molecule has 0 fully saturated rings. The van der Waals surface area contributed by atoms with E-state index >= 15 is 0 Å². The number of aliphatic hydroxyl groups is 2. The van der Waals surface area contributed by atoms with Gasteiger partial charge in [-0.3, -0.25) is 4.90 Å². The summed E-state index contributed by atoms with van der Waals surface area (Å²) in [7, 11) is -1.01. The molecular weight excluding hydrogens is 614 g/mol. The molecule has 15 heteroatoms. The predicted molar refractivity (Wildman–Crippen MR) is 179 cm³/mol. The number of nitrogens with zero attached hydrogens (tertiary/aromatic N) is 4. The maximum absolute atomic E-state index is 13.4. The maximum Gasteiger partial charge on any atom is 0.183 e. The van der Waals surface area contributed by atoms with E-state index in [1.54, 1.807) is 6.92 Å². The van der Waals surface area contributed by atoms with E-state index < -0.39 is 9.84 Å². The molecule has 0 bridgehead atoms. The second-order valence-corrected chi connectivity index (χ2v) is 12.6. The lowest BCUT2D eigenvalue weighted by atomic mass is 10.2. The number of para-hydroxylation sites is 1. The summed E-state index contributed by atoms with van der Waals surface area (Å²) >= 11 is 0. The molecule has 0 saturated carbocycles. The second-order valence-electron chi connectivity index (χ2n) is 10.5. The SMILES string of the molecule is COc1cc(S(=O)(=O)CCN(CCO)C(C)C)c(OC)cc1/N=N/c1c(Nc2ccccc2)nc(NCCOCCO)c(N)c1C. The highest BCUT2D eigenvalue weighted by Gasteiger charge is 2.25. The van der Waals surface area contributed by atoms with E-state index in [9.17, 15) is 13.5 Å². The number of anilines is 4. The Hall–Kier alpha value is -4.02. The number of azo groups is 1. The lowest BCUT2D eigenvalue weighted by molar-refractivity contribution is 0.0992. The third-order valence-corrected chi connectivity index (χ3v) is 8.81. The number of hydrogen-bond acceptors (Lipinski definition) is 14. The Morgan fingerprint density at radius 2 is 1.70 bits per heavy atom. The Kier molecular flexibility index (Phi) is 14.0. The molecule has 0 spiro atoms. The first-order valence-corrected chi connectivity index (χ1v) is 16.5. The van der Waals surface area contributed by atoms with Gasteiger partial charge in [-0.15, -0.1) is 10.2 Å². The van der Waals surface area contributed by atoms with E-state index in [4.69, 9.17) is 25.1 Å². The smallest absolute Gasteiger partial charge is 0.183 e. The minimum atomic E-state index is -3.80. The van der Waals surface area contributed by atoms with Gasteiger partial charge in [0.2, 0.25) is 0 Å². The fourth-order valence-corrected chi connectivity index (χ4v) is 5.93. The van der Waals surface area contributed by atoms with Crippen LogP contribution in [0.1, 0.15) is 19.4 Å². The highest BCUT2D eigenvalue weighted by atomic mass is 32.2. The second kappa shape index (κ2) is 17.6. The lowest BCUT2D eigenvalue weighted by Gasteiger charge is -2.25. The van der Waals surface area contributed by atoms with Crippen molar-refractivity contribution in [1.29, 1.82) is 0 Å². The van der Waals surface area contributed by atoms with Crippen LogP contribution in [0.25, 0.3) is 0 Å². The highest BCUT2D eigenvalue weighted by Crippen LogP contribution is 2.41. The van der Waals surface area contributed by atoms with Crippen LogP contribution in [0.3, 0.4) is 0 Å². The topological polar surface area (TPSA) is 193 Å². The van der Waals surface area contributed by atoms with Gasteiger partial charge >= 0.3 is 0 Å². The summed E-state index contributed by atoms with van der Waals surface area (Å²) in [6.45, 7) is 7.11. The quantitative estimate of drug-likeness (QED) is 0.0917. The molecule has 0 unspecified atom stereocenters. The third-order valence-electron chi connectivity index (χ3n) is 7.10. The van der Waals surface area contributed by atoms with Crippen molar-refractivity contribution in [2.24, 2.45) is 10.2 Å². The molecule has 3 aromatic rings. The number of methoxy groups -OCH3 is 2. The monoisotopic (exact) mass is 659 g/mol. The summed E-state index contributed by atoms with van der Waals surface area (Å²) in [5, 5.41) is 33.6. The number of pyridine rings is 1. The standard InChI is InChI=1S/C31H45N7O7S/c1-21(2)38(12-14-39)13-18-46(41,42)27-20-25(43-4)24(19-26(27)44-5)36-37-29-22(3)28(32)30(33-11-16-45-17-15-40)35-31(29)34-23-9-7-6-8-10-23/h6-10,19-21,39-40H,11-18,32H2,1-5H3,(H2,33,34,35)/b37-36+. The van der Waals surface area contributed by atoms with Gasteiger partial charge in [0.1, 0.15) is 27.8 Å². The molecule has 0 saturated heterocycles. The molecule has 46 heavy (non-hydrogen) atoms. The van der Waals surface area contributed by atoms with Crippen molar-refractivity contribution in [3.05, 3.63) is 48.0 Å². The molecule has 0 atom stereocenters. The molecule has 0 aliphatic carbocycles. The van der Waals surface area contributed by atoms with Gasteiger partial charge in [0, 0.05) is 49.1 Å². The first kappa shape index (κ1) is 36.4. The van der Waals surface area contributed by atoms with Crippen LogP contribution in [0.15, 0.2) is 57.6 Å². The van der Waals surface area contributed by atoms with Crippen molar-refractivity contribution in [2.45, 2.75) is 31.7 Å². The molecular formula is C31H45N7O7S. The van der Waals surface area contributed by atoms with Gasteiger partial charge in [0.15, 0.2) is 21.5 Å². The molecule has 0 radical (unpaired) electrons. The molecule has 6 N–H and O–H groups in total. The molecule has 2 aromatic carbocycles. The number of benzene rings is 2. The zero-order valence-electron chi connectivity index (χ0n) is 27.0. The van der Waals surface area contributed by atoms with Crippen LogP contribution < -0.4 is 25.8 Å². The fraction of sp³-hybridized carbons (Fsp3) is 0.452. The molecule has 0 aliphatic heterocycles. The summed E-state index contributed by atoms with van der Waals surface area (Å²) in [6, 6.07) is 12.3. The van der Waals surface area contributed by atoms with E-state index in [0.717, 1.165) is 5.69 Å². The normalized spacial score (nSPS) is 11.8. The van der Waals surface area contributed by atoms with Gasteiger partial charge in [-0.05, 0) is 32.9 Å². The molecule has 252 valence electrons. The third kappa shape index (κ3) is 9.74. The Morgan fingerprint density at radius 1 is 0.978 bits per heavy atom. The van der Waals surface area contributed by atoms with Gasteiger partial charge in [-0.2, -0.15) is 0 Å². The Morgan fingerprint density at radius 3 is 2.33 bits per heavy atom. The van der Waals surface area contributed by atoms with Crippen LogP contribution in [-0.2, 0) is 14.6 Å². The van der Waals surface area contributed by atoms with E-state index in [0.29, 0.717) is 48.3 Å². The molecule has 1 heterocycles. The van der Waals surface area contributed by atoms with Gasteiger partial charge in [0.05, 0.1) is 52.1 Å². The Bertz CT molecular complexity index is 1550. The lowest BCUT2D eigenvalue weighted by Crippen LogP contribution is -2.37. The zero-order valence-corrected chi connectivity index (χ0v) is 27.8. The van der Waals surface area contributed by atoms with Crippen LogP contribution in [-0.4, -0.2) is 101 Å². The van der Waals surface area contributed by atoms with Crippen LogP contribution in [0, 0.1) is 6.92 Å². The number of nitrogens with two attached hydrogens (primary N) is 1. The number of rotatable bonds is 19. The average molecular weight is 660 g/mol. The minimum absolute atomic E-state index is 0.0366. The minimum Gasteiger partial charge on any atom is -0.495 e. The summed E-state index contributed by atoms with van der Waals surface area (Å²) in [5.74, 6) is 0.886. The van der Waals surface area contributed by atoms with Gasteiger partial charge in [0.25, 0.3) is 0 Å². The first-order chi connectivity index (χ1) is 22.1. The number of aliphatic hydroxyl groups excluding tert-OH is 2. The van der Waals surface area contributed by atoms with Crippen molar-refractivity contribution in [3.8, 4) is 11.5 Å². The van der Waals surface area contributed by atoms with Crippen molar-refractivity contribution < 1.29 is 32.8 Å². The van der Waals surface area contributed by atoms with Crippen LogP contribution in [0.5, 0.6) is 11.5 Å². The van der Waals surface area contributed by atoms with E-state index in [-0.39, 0.29) is 60.2 Å². The van der Waals surface area contributed by atoms with Crippen LogP contribution in [0.4, 0.5) is 34.4 Å². The number of aromatic nitrogens is 1. The largest absolute Gasteiger partial charge is 0.495 e. The number of hydrogen-bond donors (Lipinski definition) is 5. The van der Waals surface area contributed by atoms with Crippen molar-refractivity contribution >= 4 is 44.2 Å². The highest BCUT2D eigenvalue weighted by molar-refractivity contribution is 7.91. The van der Waals surface area contributed by atoms with Crippen molar-refractivity contribution in [1.82, 2.24) is 9.88 Å². The average Bonchev–Trinajstić information content (AvgIpc) is 3.04. The summed E-state index contributed by atoms with van der Waals surface area (Å²) < 4.78 is 43.2. The van der Waals surface area contributed by atoms with Crippen LogP contribution in [0.2, 0.25) is 0 Å². The predicted octanol–water partition coefficient (Wildman–Crippen LogP) is 4.05. The summed E-state index contributed by atoms with van der Waals surface area (Å²) in [5.41, 5.74) is 8.75. The molecule has 0 amide bonds. The van der Waals surface area contributed by atoms with Crippen molar-refractivity contribution in [3.63, 3.8) is 0 Å². The maximum atomic E-state index is 13.4. The molecule has 14 nitrogen and oxygen atoms in total. The zero-order chi connectivity index (χ0) is 33.7. The van der Waals surface area contributed by atoms with Gasteiger partial charge < -0.3 is 40.8 Å². The number of ether oxygens (including phenoxy) is 3. The van der Waals surface area contributed by atoms with E-state index in [1.165, 1.54) is 26.4 Å². The first-order valence-electron chi connectivity index (χ1n) is 14.9. The molecule has 0 aliphatic rings.